The van der Waals surface area contributed by atoms with Crippen molar-refractivity contribution in [3.05, 3.63) is 65.0 Å². The molecule has 1 amide bonds. The first kappa shape index (κ1) is 17.6. The minimum absolute atomic E-state index is 0.188. The van der Waals surface area contributed by atoms with Crippen LogP contribution in [0.3, 0.4) is 0 Å². The lowest BCUT2D eigenvalue weighted by molar-refractivity contribution is 0.0734. The van der Waals surface area contributed by atoms with Gasteiger partial charge in [0.1, 0.15) is 5.82 Å². The second kappa shape index (κ2) is 6.57. The number of hydrogen-bond acceptors (Lipinski definition) is 3. The van der Waals surface area contributed by atoms with Gasteiger partial charge in [-0.1, -0.05) is 6.07 Å². The van der Waals surface area contributed by atoms with Crippen LogP contribution in [0.2, 0.25) is 0 Å². The van der Waals surface area contributed by atoms with Gasteiger partial charge in [0.2, 0.25) is 10.0 Å². The largest absolute Gasteiger partial charge is 0.334 e. The van der Waals surface area contributed by atoms with Crippen LogP contribution in [0.4, 0.5) is 4.39 Å². The van der Waals surface area contributed by atoms with Crippen LogP contribution >= 0.6 is 0 Å². The van der Waals surface area contributed by atoms with Crippen LogP contribution in [0.1, 0.15) is 21.5 Å². The molecule has 0 unspecified atom stereocenters. The smallest absolute Gasteiger partial charge is 0.254 e. The molecule has 132 valence electrons. The second-order valence-electron chi connectivity index (χ2n) is 6.20. The summed E-state index contributed by atoms with van der Waals surface area (Å²) in [4.78, 5) is 14.5. The van der Waals surface area contributed by atoms with Gasteiger partial charge >= 0.3 is 0 Å². The molecular formula is C18H19FN2O3S. The Morgan fingerprint density at radius 1 is 1.08 bits per heavy atom. The minimum atomic E-state index is -3.52. The molecule has 0 saturated carbocycles. The summed E-state index contributed by atoms with van der Waals surface area (Å²) in [6.45, 7) is 0.880. The van der Waals surface area contributed by atoms with Gasteiger partial charge in [-0.2, -0.15) is 0 Å². The maximum absolute atomic E-state index is 13.0. The number of nitrogens with zero attached hydrogens (tertiary/aromatic N) is 2. The van der Waals surface area contributed by atoms with E-state index in [1.54, 1.807) is 17.0 Å². The number of hydrogen-bond donors (Lipinski definition) is 0. The van der Waals surface area contributed by atoms with E-state index in [2.05, 4.69) is 0 Å². The second-order valence-corrected chi connectivity index (χ2v) is 8.35. The predicted octanol–water partition coefficient (Wildman–Crippen LogP) is 2.27. The standard InChI is InChI=1S/C18H19FN2O3S/c1-20(2)25(23,24)17-8-5-13-9-10-21(12-15(13)11-17)18(22)14-3-6-16(19)7-4-14/h3-8,11H,9-10,12H2,1-2H3. The van der Waals surface area contributed by atoms with E-state index in [0.29, 0.717) is 25.1 Å². The first-order chi connectivity index (χ1) is 11.8. The zero-order valence-corrected chi connectivity index (χ0v) is 14.9. The molecule has 7 heteroatoms. The first-order valence-electron chi connectivity index (χ1n) is 7.88. The quantitative estimate of drug-likeness (QED) is 0.842. The summed E-state index contributed by atoms with van der Waals surface area (Å²) < 4.78 is 38.8. The van der Waals surface area contributed by atoms with Gasteiger partial charge in [-0.15, -0.1) is 0 Å². The number of carbonyl (C=O) groups is 1. The molecule has 0 atom stereocenters. The monoisotopic (exact) mass is 362 g/mol. The molecule has 3 rings (SSSR count). The Morgan fingerprint density at radius 3 is 2.40 bits per heavy atom. The van der Waals surface area contributed by atoms with E-state index in [9.17, 15) is 17.6 Å². The minimum Gasteiger partial charge on any atom is -0.334 e. The molecule has 0 saturated heterocycles. The molecule has 1 aliphatic rings. The number of carbonyl (C=O) groups excluding carboxylic acids is 1. The lowest BCUT2D eigenvalue weighted by Gasteiger charge is -2.29. The average Bonchev–Trinajstić information content (AvgIpc) is 2.60. The Morgan fingerprint density at radius 2 is 1.76 bits per heavy atom. The lowest BCUT2D eigenvalue weighted by atomic mass is 9.99. The molecule has 0 aromatic heterocycles. The number of sulfonamides is 1. The first-order valence-corrected chi connectivity index (χ1v) is 9.32. The molecule has 2 aromatic carbocycles. The highest BCUT2D eigenvalue weighted by atomic mass is 32.2. The Bertz CT molecular complexity index is 908. The Labute approximate surface area is 146 Å². The van der Waals surface area contributed by atoms with Crippen LogP contribution in [0.5, 0.6) is 0 Å². The molecule has 1 heterocycles. The van der Waals surface area contributed by atoms with Crippen molar-refractivity contribution in [2.75, 3.05) is 20.6 Å². The van der Waals surface area contributed by atoms with Crippen molar-refractivity contribution in [2.45, 2.75) is 17.9 Å². The highest BCUT2D eigenvalue weighted by molar-refractivity contribution is 7.89. The molecule has 25 heavy (non-hydrogen) atoms. The summed E-state index contributed by atoms with van der Waals surface area (Å²) >= 11 is 0. The Balaban J connectivity index is 1.87. The fourth-order valence-corrected chi connectivity index (χ4v) is 3.81. The molecule has 5 nitrogen and oxygen atoms in total. The molecule has 0 N–H and O–H groups in total. The van der Waals surface area contributed by atoms with Crippen molar-refractivity contribution in [1.29, 1.82) is 0 Å². The third-order valence-corrected chi connectivity index (χ3v) is 6.16. The molecule has 0 fully saturated rings. The predicted molar refractivity (Wildman–Crippen MR) is 92.2 cm³/mol. The van der Waals surface area contributed by atoms with Crippen molar-refractivity contribution in [3.63, 3.8) is 0 Å². The van der Waals surface area contributed by atoms with Gasteiger partial charge in [0.25, 0.3) is 5.91 Å². The zero-order valence-electron chi connectivity index (χ0n) is 14.1. The summed E-state index contributed by atoms with van der Waals surface area (Å²) in [5.41, 5.74) is 2.28. The fourth-order valence-electron chi connectivity index (χ4n) is 2.85. The number of rotatable bonds is 3. The third-order valence-electron chi connectivity index (χ3n) is 4.35. The van der Waals surface area contributed by atoms with Crippen molar-refractivity contribution >= 4 is 15.9 Å². The highest BCUT2D eigenvalue weighted by Crippen LogP contribution is 2.24. The summed E-state index contributed by atoms with van der Waals surface area (Å²) in [7, 11) is -0.546. The summed E-state index contributed by atoms with van der Waals surface area (Å²) in [6.07, 6.45) is 0.657. The lowest BCUT2D eigenvalue weighted by Crippen LogP contribution is -2.36. The van der Waals surface area contributed by atoms with E-state index in [1.807, 2.05) is 6.07 Å². The number of benzene rings is 2. The van der Waals surface area contributed by atoms with Crippen LogP contribution in [-0.4, -0.2) is 44.2 Å². The number of halogens is 1. The summed E-state index contributed by atoms with van der Waals surface area (Å²) in [6, 6.07) is 10.5. The topological polar surface area (TPSA) is 57.7 Å². The average molecular weight is 362 g/mol. The molecule has 2 aromatic rings. The van der Waals surface area contributed by atoms with Gasteiger partial charge in [-0.3, -0.25) is 4.79 Å². The van der Waals surface area contributed by atoms with Gasteiger partial charge in [0.05, 0.1) is 4.90 Å². The molecule has 0 spiro atoms. The number of amides is 1. The van der Waals surface area contributed by atoms with Crippen molar-refractivity contribution in [3.8, 4) is 0 Å². The van der Waals surface area contributed by atoms with E-state index >= 15 is 0 Å². The van der Waals surface area contributed by atoms with E-state index < -0.39 is 10.0 Å². The third kappa shape index (κ3) is 3.43. The van der Waals surface area contributed by atoms with Gasteiger partial charge in [-0.25, -0.2) is 17.1 Å². The van der Waals surface area contributed by atoms with Crippen LogP contribution in [0.25, 0.3) is 0 Å². The normalized spacial score (nSPS) is 14.5. The van der Waals surface area contributed by atoms with E-state index in [4.69, 9.17) is 0 Å². The summed E-state index contributed by atoms with van der Waals surface area (Å²) in [5.74, 6) is -0.578. The molecule has 1 aliphatic heterocycles. The van der Waals surface area contributed by atoms with E-state index in [-0.39, 0.29) is 16.6 Å². The van der Waals surface area contributed by atoms with Crippen LogP contribution in [-0.2, 0) is 23.0 Å². The maximum Gasteiger partial charge on any atom is 0.254 e. The fraction of sp³-hybridized carbons (Fsp3) is 0.278. The molecule has 0 aliphatic carbocycles. The van der Waals surface area contributed by atoms with Crippen LogP contribution in [0, 0.1) is 5.82 Å². The molecule has 0 bridgehead atoms. The van der Waals surface area contributed by atoms with Crippen molar-refractivity contribution in [1.82, 2.24) is 9.21 Å². The van der Waals surface area contributed by atoms with Gasteiger partial charge in [0, 0.05) is 32.7 Å². The van der Waals surface area contributed by atoms with E-state index in [0.717, 1.165) is 11.1 Å². The van der Waals surface area contributed by atoms with Gasteiger partial charge < -0.3 is 4.90 Å². The Hall–Kier alpha value is -2.25. The highest BCUT2D eigenvalue weighted by Gasteiger charge is 2.24. The van der Waals surface area contributed by atoms with E-state index in [1.165, 1.54) is 42.7 Å². The van der Waals surface area contributed by atoms with Crippen molar-refractivity contribution in [2.24, 2.45) is 0 Å². The van der Waals surface area contributed by atoms with Gasteiger partial charge in [0.15, 0.2) is 0 Å². The van der Waals surface area contributed by atoms with Crippen molar-refractivity contribution < 1.29 is 17.6 Å². The van der Waals surface area contributed by atoms with Crippen LogP contribution < -0.4 is 0 Å². The SMILES string of the molecule is CN(C)S(=O)(=O)c1ccc2c(c1)CN(C(=O)c1ccc(F)cc1)CC2. The van der Waals surface area contributed by atoms with Gasteiger partial charge in [-0.05, 0) is 53.9 Å². The Kier molecular flexibility index (Phi) is 4.62. The zero-order chi connectivity index (χ0) is 18.2. The molecular weight excluding hydrogens is 343 g/mol. The van der Waals surface area contributed by atoms with Crippen LogP contribution in [0.15, 0.2) is 47.4 Å². The maximum atomic E-state index is 13.0. The number of fused-ring (bicyclic) bond motifs is 1. The molecule has 0 radical (unpaired) electrons. The summed E-state index contributed by atoms with van der Waals surface area (Å²) in [5, 5.41) is 0.